The molecule has 0 spiro atoms. The minimum Gasteiger partial charge on any atom is -0.368 e. The molecule has 1 atom stereocenters. The number of aliphatic hydroxyl groups is 1. The van der Waals surface area contributed by atoms with E-state index < -0.39 is 40.2 Å². The Balaban J connectivity index is 5.24. The van der Waals surface area contributed by atoms with Gasteiger partial charge in [-0.25, -0.2) is 0 Å². The van der Waals surface area contributed by atoms with Crippen molar-refractivity contribution in [2.24, 2.45) is 0 Å². The molecule has 0 heterocycles. The first-order valence-corrected chi connectivity index (χ1v) is 9.35. The first-order chi connectivity index (χ1) is 6.71. The molecule has 0 aliphatic rings. The van der Waals surface area contributed by atoms with Gasteiger partial charge in [0.25, 0.3) is 5.08 Å². The van der Waals surface area contributed by atoms with Crippen LogP contribution in [0.1, 0.15) is 6.42 Å². The van der Waals surface area contributed by atoms with E-state index in [1.807, 2.05) is 0 Å². The van der Waals surface area contributed by atoms with E-state index in [0.29, 0.717) is 0 Å². The molecule has 0 saturated carbocycles. The molecule has 0 radical (unpaired) electrons. The maximum Gasteiger partial charge on any atom is 0.369 e. The summed E-state index contributed by atoms with van der Waals surface area (Å²) < 4.78 is 32.4. The summed E-state index contributed by atoms with van der Waals surface area (Å²) in [5.41, 5.74) is 0. The molecule has 0 aliphatic carbocycles. The molecular formula is C4H13O9P3. The number of hydrogen-bond acceptors (Lipinski definition) is 4. The van der Waals surface area contributed by atoms with Crippen molar-refractivity contribution in [1.29, 1.82) is 0 Å². The van der Waals surface area contributed by atoms with Crippen LogP contribution in [-0.2, 0) is 13.7 Å². The fraction of sp³-hybridized carbons (Fsp3) is 1.00. The van der Waals surface area contributed by atoms with Crippen LogP contribution in [0.15, 0.2) is 0 Å². The van der Waals surface area contributed by atoms with E-state index in [2.05, 4.69) is 0 Å². The smallest absolute Gasteiger partial charge is 0.368 e. The van der Waals surface area contributed by atoms with Gasteiger partial charge >= 0.3 is 15.2 Å². The van der Waals surface area contributed by atoms with Gasteiger partial charge in [-0.05, 0) is 0 Å². The SMILES string of the molecule is CP(=O)(O)CCC(O)(P(=O)(O)O)P(=O)(O)O. The highest BCUT2D eigenvalue weighted by atomic mass is 31.2. The first-order valence-electron chi connectivity index (χ1n) is 3.84. The molecule has 0 aliphatic heterocycles. The normalized spacial score (nSPS) is 18.2. The lowest BCUT2D eigenvalue weighted by atomic mass is 10.5. The third-order valence-corrected chi connectivity index (χ3v) is 6.72. The average Bonchev–Trinajstić information content (AvgIpc) is 1.93. The quantitative estimate of drug-likeness (QED) is 0.358. The van der Waals surface area contributed by atoms with E-state index in [9.17, 15) is 18.8 Å². The van der Waals surface area contributed by atoms with E-state index in [1.165, 1.54) is 0 Å². The van der Waals surface area contributed by atoms with Crippen LogP contribution in [0.25, 0.3) is 0 Å². The summed E-state index contributed by atoms with van der Waals surface area (Å²) in [5, 5.41) is 5.67. The fourth-order valence-electron chi connectivity index (χ4n) is 0.818. The second-order valence-corrected chi connectivity index (χ2v) is 9.94. The molecule has 1 unspecified atom stereocenters. The van der Waals surface area contributed by atoms with Crippen molar-refractivity contribution < 1.29 is 43.3 Å². The summed E-state index contributed by atoms with van der Waals surface area (Å²) in [7, 11) is -14.8. The zero-order valence-electron chi connectivity index (χ0n) is 8.16. The lowest BCUT2D eigenvalue weighted by Crippen LogP contribution is -2.29. The second-order valence-electron chi connectivity index (χ2n) is 3.39. The monoisotopic (exact) mass is 298 g/mol. The molecule has 9 nitrogen and oxygen atoms in total. The third-order valence-electron chi connectivity index (χ3n) is 1.80. The minimum absolute atomic E-state index is 0.820. The molecule has 12 heteroatoms. The maximum absolute atomic E-state index is 10.9. The van der Waals surface area contributed by atoms with E-state index >= 15 is 0 Å². The molecular weight excluding hydrogens is 285 g/mol. The van der Waals surface area contributed by atoms with E-state index in [1.54, 1.807) is 0 Å². The van der Waals surface area contributed by atoms with Crippen LogP contribution >= 0.6 is 22.6 Å². The molecule has 0 bridgehead atoms. The Hall–Kier alpha value is 0.450. The van der Waals surface area contributed by atoms with E-state index in [-0.39, 0.29) is 0 Å². The van der Waals surface area contributed by atoms with Crippen LogP contribution in [0.3, 0.4) is 0 Å². The highest BCUT2D eigenvalue weighted by molar-refractivity contribution is 7.72. The highest BCUT2D eigenvalue weighted by Crippen LogP contribution is 2.69. The largest absolute Gasteiger partial charge is 0.369 e. The van der Waals surface area contributed by atoms with Crippen LogP contribution in [0.2, 0.25) is 0 Å². The van der Waals surface area contributed by atoms with Crippen molar-refractivity contribution in [3.8, 4) is 0 Å². The molecule has 0 saturated heterocycles. The van der Waals surface area contributed by atoms with Crippen LogP contribution in [0, 0.1) is 0 Å². The Bertz CT molecular complexity index is 362. The molecule has 0 aromatic rings. The number of rotatable bonds is 5. The highest BCUT2D eigenvalue weighted by Gasteiger charge is 2.59. The van der Waals surface area contributed by atoms with Gasteiger partial charge in [-0.1, -0.05) is 0 Å². The van der Waals surface area contributed by atoms with Gasteiger partial charge in [0.05, 0.1) is 0 Å². The molecule has 0 fully saturated rings. The summed E-state index contributed by atoms with van der Waals surface area (Å²) in [4.78, 5) is 43.5. The first kappa shape index (κ1) is 16.4. The Kier molecular flexibility index (Phi) is 4.74. The van der Waals surface area contributed by atoms with Gasteiger partial charge in [-0.3, -0.25) is 13.7 Å². The van der Waals surface area contributed by atoms with Gasteiger partial charge < -0.3 is 29.6 Å². The van der Waals surface area contributed by atoms with Crippen LogP contribution in [-0.4, -0.2) is 47.5 Å². The van der Waals surface area contributed by atoms with Crippen molar-refractivity contribution in [3.05, 3.63) is 0 Å². The van der Waals surface area contributed by atoms with Gasteiger partial charge in [-0.15, -0.1) is 0 Å². The Morgan fingerprint density at radius 3 is 1.44 bits per heavy atom. The average molecular weight is 298 g/mol. The summed E-state index contributed by atoms with van der Waals surface area (Å²) in [6.45, 7) is 0.840. The molecule has 0 aromatic heterocycles. The lowest BCUT2D eigenvalue weighted by Gasteiger charge is -2.29. The minimum atomic E-state index is -5.54. The van der Waals surface area contributed by atoms with Gasteiger partial charge in [0.2, 0.25) is 0 Å². The van der Waals surface area contributed by atoms with Gasteiger partial charge in [0.15, 0.2) is 7.37 Å². The van der Waals surface area contributed by atoms with Crippen LogP contribution in [0.5, 0.6) is 0 Å². The van der Waals surface area contributed by atoms with Gasteiger partial charge in [0, 0.05) is 19.2 Å². The second kappa shape index (κ2) is 4.61. The van der Waals surface area contributed by atoms with E-state index in [4.69, 9.17) is 24.5 Å². The topological polar surface area (TPSA) is 173 Å². The van der Waals surface area contributed by atoms with Crippen molar-refractivity contribution in [2.45, 2.75) is 11.5 Å². The Morgan fingerprint density at radius 1 is 0.938 bits per heavy atom. The summed E-state index contributed by atoms with van der Waals surface area (Å²) in [6, 6.07) is 0. The van der Waals surface area contributed by atoms with Crippen LogP contribution in [0.4, 0.5) is 0 Å². The predicted octanol–water partition coefficient (Wildman–Crippen LogP) is -0.722. The molecule has 0 amide bonds. The molecule has 6 N–H and O–H groups in total. The predicted molar refractivity (Wildman–Crippen MR) is 54.3 cm³/mol. The standard InChI is InChI=1S/C4H13O9P3/c1-14(6,7)3-2-4(5,15(8,9)10)16(11,12)13/h5H,2-3H2,1H3,(H,6,7)(H2,8,9,10)(H2,11,12,13). The van der Waals surface area contributed by atoms with Crippen molar-refractivity contribution in [3.63, 3.8) is 0 Å². The van der Waals surface area contributed by atoms with Crippen molar-refractivity contribution >= 4 is 22.6 Å². The zero-order chi connectivity index (χ0) is 13.4. The van der Waals surface area contributed by atoms with E-state index in [0.717, 1.165) is 6.66 Å². The molecule has 0 aromatic carbocycles. The summed E-state index contributed by atoms with van der Waals surface area (Å²) in [5.74, 6) is 0. The lowest BCUT2D eigenvalue weighted by molar-refractivity contribution is 0.127. The summed E-state index contributed by atoms with van der Waals surface area (Å²) in [6.07, 6.45) is -1.99. The van der Waals surface area contributed by atoms with Crippen LogP contribution < -0.4 is 0 Å². The molecule has 16 heavy (non-hydrogen) atoms. The maximum atomic E-state index is 10.9. The van der Waals surface area contributed by atoms with Gasteiger partial charge in [-0.2, -0.15) is 0 Å². The Labute approximate surface area is 90.9 Å². The molecule has 0 rings (SSSR count). The fourth-order valence-corrected chi connectivity index (χ4v) is 4.07. The third kappa shape index (κ3) is 4.04. The number of hydrogen-bond donors (Lipinski definition) is 6. The summed E-state index contributed by atoms with van der Waals surface area (Å²) >= 11 is 0. The zero-order valence-corrected chi connectivity index (χ0v) is 10.8. The Morgan fingerprint density at radius 2 is 1.25 bits per heavy atom. The van der Waals surface area contributed by atoms with Crippen molar-refractivity contribution in [2.75, 3.05) is 12.8 Å². The molecule has 98 valence electrons. The van der Waals surface area contributed by atoms with Crippen molar-refractivity contribution in [1.82, 2.24) is 0 Å². The van der Waals surface area contributed by atoms with Gasteiger partial charge in [0.1, 0.15) is 0 Å².